The minimum absolute atomic E-state index is 0.0501. The zero-order valence-electron chi connectivity index (χ0n) is 82.2. The van der Waals surface area contributed by atoms with Crippen molar-refractivity contribution < 1.29 is 9.13 Å². The predicted octanol–water partition coefficient (Wildman–Crippen LogP) is 15.6. The number of thiazole rings is 4. The Morgan fingerprint density at radius 1 is 0.326 bits per heavy atom. The van der Waals surface area contributed by atoms with Crippen molar-refractivity contribution in [3.63, 3.8) is 0 Å². The molecule has 6 aliphatic rings. The quantitative estimate of drug-likeness (QED) is 0.122. The molecule has 31 nitrogen and oxygen atoms in total. The molecule has 36 heteroatoms. The van der Waals surface area contributed by atoms with Crippen LogP contribution in [0.2, 0.25) is 0 Å². The summed E-state index contributed by atoms with van der Waals surface area (Å²) in [5.74, 6) is -0.690. The molecule has 15 aromatic heterocycles. The molecule has 736 valence electrons. The Kier molecular flexibility index (Phi) is 27.3. The number of fused-ring (bicyclic) bond motifs is 10. The van der Waals surface area contributed by atoms with Gasteiger partial charge in [-0.2, -0.15) is 0 Å². The second-order valence-electron chi connectivity index (χ2n) is 38.3. The molecule has 6 aliphatic heterocycles. The highest BCUT2D eigenvalue weighted by atomic mass is 32.1. The first-order chi connectivity index (χ1) is 69.7. The fourth-order valence-electron chi connectivity index (χ4n) is 20.3. The molecule has 0 radical (unpaired) electrons. The molecule has 0 amide bonds. The van der Waals surface area contributed by atoms with Crippen LogP contribution in [0.25, 0.3) is 125 Å². The van der Waals surface area contributed by atoms with Gasteiger partial charge in [-0.1, -0.05) is 24.3 Å². The van der Waals surface area contributed by atoms with E-state index in [-0.39, 0.29) is 33.7 Å². The van der Waals surface area contributed by atoms with Gasteiger partial charge in [0.05, 0.1) is 125 Å². The number of nitrogens with zero attached hydrogens (tertiary/aromatic N) is 23. The average Bonchev–Trinajstić information content (AvgIpc) is 1.63. The molecule has 6 fully saturated rings. The molecule has 5 atom stereocenters. The van der Waals surface area contributed by atoms with Crippen LogP contribution in [0.4, 0.5) is 32.8 Å². The lowest BCUT2D eigenvalue weighted by Crippen LogP contribution is -2.54. The van der Waals surface area contributed by atoms with Gasteiger partial charge in [-0.15, -0.1) is 45.3 Å². The van der Waals surface area contributed by atoms with Gasteiger partial charge in [0, 0.05) is 217 Å². The molecule has 21 heterocycles. The van der Waals surface area contributed by atoms with Crippen LogP contribution in [0.15, 0.2) is 231 Å². The standard InChI is InChI=1S/C23H23N5OS.2C22H23N5OS.C21H21N5OS.C20H22FN5O2/c1-15-24-20-11-16(4-6-21(20)30-15)19-12-23(29)28-14-18(5-7-22(28)25-19)27-10-9-26-8-2-3-17(26)13-27;1-13-10-26(11-14(2)23-13)17-5-7-21-25-18(9-22(28)27(21)12-17)16-4-6-20-19(8-16)24-15(3)29-20;1-15-23-19-12-16(4-6-20(19)29-15)18-13-22(28)27-14-17(5-7-21(27)24-18)26-9-3-8-25(2)10-11-26;1-14-22-18-11-15(3-5-19(18)28-14)17-12-21(27)26-13-16(4-6-20(26)23-17)25-9-7-24(2)8-10-25;1-12-9-25(10-13(2)23-12)15-4-5-18-24-17(7-19(27)26(18)11-15)14-6-16(21)20(28-3)22-8-14/h4-7,11-12,14,17H,2-3,8-10,13H2,1H3;4-9,12-14,23H,10-11H2,1-3H3;4-7,12-14H,3,8-11H2,1-2H3;3-6,11-13H,7-10H2,1-2H3;4-8,11-13,23H,9-10H2,1-3H3/t17-;13-,14+;;;12-,13+/m0..../s1. The third-order valence-corrected chi connectivity index (χ3v) is 31.2. The number of nitrogens with one attached hydrogen (secondary N) is 2. The summed E-state index contributed by atoms with van der Waals surface area (Å²) < 4.78 is 31.5. The lowest BCUT2D eigenvalue weighted by atomic mass is 10.1. The van der Waals surface area contributed by atoms with Crippen molar-refractivity contribution in [3.05, 3.63) is 285 Å². The highest BCUT2D eigenvalue weighted by Gasteiger charge is 2.32. The summed E-state index contributed by atoms with van der Waals surface area (Å²) >= 11 is 6.69. The molecule has 6 saturated heterocycles. The van der Waals surface area contributed by atoms with E-state index in [9.17, 15) is 28.4 Å². The summed E-state index contributed by atoms with van der Waals surface area (Å²) in [6.45, 7) is 32.7. The van der Waals surface area contributed by atoms with E-state index in [2.05, 4.69) is 170 Å². The number of rotatable bonds is 11. The number of pyridine rings is 6. The van der Waals surface area contributed by atoms with Gasteiger partial charge in [-0.05, 0) is 217 Å². The highest BCUT2D eigenvalue weighted by Crippen LogP contribution is 2.35. The summed E-state index contributed by atoms with van der Waals surface area (Å²) in [7, 11) is 5.64. The van der Waals surface area contributed by atoms with Crippen LogP contribution < -0.4 is 67.7 Å². The van der Waals surface area contributed by atoms with Gasteiger partial charge in [0.25, 0.3) is 27.8 Å². The first-order valence-electron chi connectivity index (χ1n) is 48.9. The van der Waals surface area contributed by atoms with Crippen molar-refractivity contribution >= 4 is 143 Å². The predicted molar refractivity (Wildman–Crippen MR) is 580 cm³/mol. The number of halogens is 1. The third kappa shape index (κ3) is 20.9. The van der Waals surface area contributed by atoms with Gasteiger partial charge < -0.3 is 49.7 Å². The molecular weight excluding hydrogens is 1890 g/mol. The Morgan fingerprint density at radius 3 is 0.979 bits per heavy atom. The van der Waals surface area contributed by atoms with Crippen LogP contribution in [0.1, 0.15) is 67.0 Å². The average molecular weight is 2000 g/mol. The Balaban J connectivity index is 0.000000106. The molecule has 0 spiro atoms. The molecule has 25 rings (SSSR count). The van der Waals surface area contributed by atoms with Crippen LogP contribution in [0.3, 0.4) is 0 Å². The van der Waals surface area contributed by atoms with Crippen LogP contribution in [-0.2, 0) is 0 Å². The second-order valence-corrected chi connectivity index (χ2v) is 43.3. The number of hydrogen-bond donors (Lipinski definition) is 2. The molecule has 4 aromatic carbocycles. The molecule has 0 bridgehead atoms. The monoisotopic (exact) mass is 2000 g/mol. The summed E-state index contributed by atoms with van der Waals surface area (Å²) in [5, 5.41) is 11.2. The van der Waals surface area contributed by atoms with Crippen molar-refractivity contribution in [2.24, 2.45) is 0 Å². The SMILES string of the molecule is COc1ncc(-c2cc(=O)n3cc(N4C[C@@H](C)N[C@@H](C)C4)ccc3n2)cc1F.Cc1nc2cc(-c3cc(=O)n4cc(N5CCCN(C)CC5)ccc4n3)ccc2s1.Cc1nc2cc(-c3cc(=O)n4cc(N5CCN(C)CC5)ccc4n3)ccc2s1.Cc1nc2cc(-c3cc(=O)n4cc(N5CCN6CCC[C@H]6C5)ccc4n3)ccc2s1.Cc1nc2cc(-c3cc(=O)n4cc(N5C[C@@H](C)N[C@@H](C)C5)ccc4n3)ccc2s1. The number of aromatic nitrogens is 15. The lowest BCUT2D eigenvalue weighted by molar-refractivity contribution is 0.231. The van der Waals surface area contributed by atoms with Crippen LogP contribution >= 0.6 is 45.3 Å². The number of likely N-dealkylation sites (N-methyl/N-ethyl adjacent to an activating group) is 2. The van der Waals surface area contributed by atoms with Gasteiger partial charge in [-0.25, -0.2) is 54.2 Å². The normalized spacial score (nSPS) is 18.2. The molecule has 0 saturated carbocycles. The van der Waals surface area contributed by atoms with Crippen molar-refractivity contribution in [1.82, 2.24) is 97.2 Å². The van der Waals surface area contributed by atoms with Gasteiger partial charge in [0.15, 0.2) is 5.82 Å². The molecule has 2 N–H and O–H groups in total. The Labute approximate surface area is 845 Å². The number of hydrogen-bond acceptors (Lipinski definition) is 30. The van der Waals surface area contributed by atoms with E-state index in [1.165, 1.54) is 49.2 Å². The third-order valence-electron chi connectivity index (χ3n) is 27.4. The maximum atomic E-state index is 14.0. The van der Waals surface area contributed by atoms with Gasteiger partial charge >= 0.3 is 0 Å². The Bertz CT molecular complexity index is 8420. The lowest BCUT2D eigenvalue weighted by Gasteiger charge is -2.38. The number of ether oxygens (including phenoxy) is 1. The highest BCUT2D eigenvalue weighted by molar-refractivity contribution is 7.19. The fourth-order valence-corrected chi connectivity index (χ4v) is 23.6. The summed E-state index contributed by atoms with van der Waals surface area (Å²) in [4.78, 5) is 129. The summed E-state index contributed by atoms with van der Waals surface area (Å²) in [6.07, 6.45) is 14.6. The fraction of sp³-hybridized carbons (Fsp3) is 0.324. The maximum Gasteiger partial charge on any atom is 0.258 e. The van der Waals surface area contributed by atoms with Crippen LogP contribution in [0, 0.1) is 33.5 Å². The molecule has 19 aromatic rings. The number of methoxy groups -OCH3 is 1. The molecule has 0 aliphatic carbocycles. The van der Waals surface area contributed by atoms with Crippen molar-refractivity contribution in [2.45, 2.75) is 105 Å². The maximum absolute atomic E-state index is 14.0. The summed E-state index contributed by atoms with van der Waals surface area (Å²) in [5.41, 5.74) is 19.0. The minimum Gasteiger partial charge on any atom is -0.479 e. The van der Waals surface area contributed by atoms with E-state index >= 15 is 0 Å². The van der Waals surface area contributed by atoms with E-state index in [1.54, 1.807) is 87.2 Å². The Hall–Kier alpha value is -14.1. The number of aryl methyl sites for hydroxylation is 4. The van der Waals surface area contributed by atoms with Gasteiger partial charge in [-0.3, -0.25) is 50.9 Å². The van der Waals surface area contributed by atoms with E-state index in [1.807, 2.05) is 144 Å². The van der Waals surface area contributed by atoms with Gasteiger partial charge in [0.2, 0.25) is 5.88 Å². The first kappa shape index (κ1) is 96.1. The number of anilines is 5. The molecule has 0 unspecified atom stereocenters. The molecule has 144 heavy (non-hydrogen) atoms. The number of benzene rings is 4. The number of piperazine rings is 4. The largest absolute Gasteiger partial charge is 0.479 e. The topological polar surface area (TPSA) is 296 Å². The van der Waals surface area contributed by atoms with Crippen molar-refractivity contribution in [2.75, 3.05) is 150 Å². The second kappa shape index (κ2) is 41.0. The first-order valence-corrected chi connectivity index (χ1v) is 52.2. The smallest absolute Gasteiger partial charge is 0.258 e. The van der Waals surface area contributed by atoms with Crippen LogP contribution in [-0.4, -0.2) is 243 Å². The van der Waals surface area contributed by atoms with Gasteiger partial charge in [0.1, 0.15) is 28.2 Å². The van der Waals surface area contributed by atoms with Crippen molar-refractivity contribution in [3.8, 4) is 62.2 Å². The van der Waals surface area contributed by atoms with E-state index in [0.29, 0.717) is 92.5 Å². The van der Waals surface area contributed by atoms with E-state index in [4.69, 9.17) is 24.7 Å². The zero-order chi connectivity index (χ0) is 99.4. The zero-order valence-corrected chi connectivity index (χ0v) is 85.5. The van der Waals surface area contributed by atoms with E-state index < -0.39 is 5.82 Å². The molecular formula is C108H112FN25O6S4. The summed E-state index contributed by atoms with van der Waals surface area (Å²) in [6, 6.07) is 55.5. The van der Waals surface area contributed by atoms with Crippen molar-refractivity contribution in [1.29, 1.82) is 0 Å². The minimum atomic E-state index is -0.598. The van der Waals surface area contributed by atoms with Crippen LogP contribution in [0.5, 0.6) is 5.88 Å². The van der Waals surface area contributed by atoms with E-state index in [0.717, 1.165) is 216 Å². The Morgan fingerprint density at radius 2 is 0.639 bits per heavy atom.